The van der Waals surface area contributed by atoms with Crippen LogP contribution in [0.4, 0.5) is 0 Å². The highest BCUT2D eigenvalue weighted by Gasteiger charge is 1.70. The topological polar surface area (TPSA) is 0 Å². The lowest BCUT2D eigenvalue weighted by Crippen LogP contribution is -1.76. The monoisotopic (exact) mass is 114 g/mol. The van der Waals surface area contributed by atoms with Crippen molar-refractivity contribution in [2.24, 2.45) is 0 Å². The summed E-state index contributed by atoms with van der Waals surface area (Å²) in [5.74, 6) is 0. The molecular formula is C4H14MgSi. The van der Waals surface area contributed by atoms with Crippen molar-refractivity contribution in [1.82, 2.24) is 0 Å². The number of hydrogen-bond acceptors (Lipinski definition) is 0. The highest BCUT2D eigenvalue weighted by atomic mass is 28.2. The van der Waals surface area contributed by atoms with Crippen LogP contribution in [-0.2, 0) is 0 Å². The maximum Gasteiger partial charge on any atom is 0.316 e. The lowest BCUT2D eigenvalue weighted by molar-refractivity contribution is 1.36. The highest BCUT2D eigenvalue weighted by Crippen LogP contribution is 1.77. The van der Waals surface area contributed by atoms with E-state index in [-0.39, 0.29) is 23.1 Å². The van der Waals surface area contributed by atoms with Gasteiger partial charge in [0.1, 0.15) is 0 Å². The van der Waals surface area contributed by atoms with E-state index in [0.717, 1.165) is 0 Å². The second-order valence-electron chi connectivity index (χ2n) is 1.35. The lowest BCUT2D eigenvalue weighted by Gasteiger charge is -1.77. The Hall–Kier alpha value is 0.983. The molecule has 6 heavy (non-hydrogen) atoms. The number of rotatable bonds is 2. The summed E-state index contributed by atoms with van der Waals surface area (Å²) >= 11 is 0. The van der Waals surface area contributed by atoms with Crippen molar-refractivity contribution in [3.8, 4) is 0 Å². The third-order valence-electron chi connectivity index (χ3n) is 0.707. The third-order valence-corrected chi connectivity index (χ3v) is 2.12. The minimum atomic E-state index is 0. The van der Waals surface area contributed by atoms with Gasteiger partial charge in [0, 0.05) is 9.52 Å². The fourth-order valence-corrected chi connectivity index (χ4v) is 1.06. The van der Waals surface area contributed by atoms with E-state index < -0.39 is 0 Å². The Morgan fingerprint density at radius 2 is 1.50 bits per heavy atom. The van der Waals surface area contributed by atoms with E-state index in [1.165, 1.54) is 12.1 Å². The van der Waals surface area contributed by atoms with Crippen LogP contribution in [0.2, 0.25) is 12.1 Å². The summed E-state index contributed by atoms with van der Waals surface area (Å²) in [6.45, 7) is 4.55. The molecule has 0 aromatic heterocycles. The summed E-state index contributed by atoms with van der Waals surface area (Å²) in [7, 11) is 0.432. The molecule has 0 atom stereocenters. The van der Waals surface area contributed by atoms with Crippen LogP contribution < -0.4 is 0 Å². The fraction of sp³-hybridized carbons (Fsp3) is 1.00. The van der Waals surface area contributed by atoms with Crippen LogP contribution in [0.1, 0.15) is 13.8 Å². The quantitative estimate of drug-likeness (QED) is 0.448. The molecule has 0 rings (SSSR count). The molecule has 0 unspecified atom stereocenters. The average Bonchev–Trinajstić information content (AvgIpc) is 1.41. The molecule has 0 aliphatic heterocycles. The van der Waals surface area contributed by atoms with Crippen molar-refractivity contribution in [2.45, 2.75) is 25.9 Å². The van der Waals surface area contributed by atoms with Gasteiger partial charge in [0.2, 0.25) is 0 Å². The fourth-order valence-electron chi connectivity index (χ4n) is 0.354. The molecule has 0 amide bonds. The van der Waals surface area contributed by atoms with Crippen LogP contribution in [0, 0.1) is 0 Å². The van der Waals surface area contributed by atoms with E-state index >= 15 is 0 Å². The first-order valence-electron chi connectivity index (χ1n) is 2.41. The average molecular weight is 115 g/mol. The molecule has 0 radical (unpaired) electrons. The standard InChI is InChI=1S/C4H12Si.Mg.2H/c1-3-5-4-2;;;/h3-5H2,1-2H3;;;. The predicted molar refractivity (Wildman–Crippen MR) is 38.1 cm³/mol. The molecule has 2 heteroatoms. The van der Waals surface area contributed by atoms with Crippen LogP contribution in [0.25, 0.3) is 0 Å². The van der Waals surface area contributed by atoms with Crippen molar-refractivity contribution in [1.29, 1.82) is 0 Å². The molecule has 0 aromatic rings. The largest absolute Gasteiger partial charge is 0.316 e. The third kappa shape index (κ3) is 8.88. The number of hydrogen-bond donors (Lipinski definition) is 0. The zero-order chi connectivity index (χ0) is 4.12. The Bertz CT molecular complexity index is 15.0. The Balaban J connectivity index is 0. The smallest absolute Gasteiger partial charge is 0.0683 e. The second-order valence-corrected chi connectivity index (χ2v) is 4.06. The Morgan fingerprint density at radius 1 is 1.17 bits per heavy atom. The second kappa shape index (κ2) is 9.36. The molecule has 0 saturated heterocycles. The van der Waals surface area contributed by atoms with Crippen LogP contribution in [0.3, 0.4) is 0 Å². The van der Waals surface area contributed by atoms with Gasteiger partial charge in [-0.15, -0.1) is 0 Å². The van der Waals surface area contributed by atoms with Gasteiger partial charge in [-0.2, -0.15) is 0 Å². The van der Waals surface area contributed by atoms with Gasteiger partial charge in [0.25, 0.3) is 0 Å². The summed E-state index contributed by atoms with van der Waals surface area (Å²) in [6, 6.07) is 2.97. The molecule has 0 heterocycles. The van der Waals surface area contributed by atoms with E-state index in [4.69, 9.17) is 0 Å². The molecule has 36 valence electrons. The van der Waals surface area contributed by atoms with Crippen LogP contribution in [0.5, 0.6) is 0 Å². The van der Waals surface area contributed by atoms with Gasteiger partial charge < -0.3 is 0 Å². The summed E-state index contributed by atoms with van der Waals surface area (Å²) in [5.41, 5.74) is 0. The zero-order valence-electron chi connectivity index (χ0n) is 4.12. The first kappa shape index (κ1) is 10.1. The first-order valence-corrected chi connectivity index (χ1v) is 4.41. The van der Waals surface area contributed by atoms with Gasteiger partial charge >= 0.3 is 23.1 Å². The molecule has 0 spiro atoms. The van der Waals surface area contributed by atoms with E-state index in [1.54, 1.807) is 0 Å². The predicted octanol–water partition coefficient (Wildman–Crippen LogP) is 0.115. The summed E-state index contributed by atoms with van der Waals surface area (Å²) < 4.78 is 0. The van der Waals surface area contributed by atoms with E-state index in [0.29, 0.717) is 9.52 Å². The van der Waals surface area contributed by atoms with Crippen molar-refractivity contribution < 1.29 is 0 Å². The van der Waals surface area contributed by atoms with Crippen molar-refractivity contribution in [3.05, 3.63) is 0 Å². The van der Waals surface area contributed by atoms with E-state index in [9.17, 15) is 0 Å². The minimum absolute atomic E-state index is 0. The molecule has 0 saturated carbocycles. The minimum Gasteiger partial charge on any atom is -0.0683 e. The van der Waals surface area contributed by atoms with Crippen molar-refractivity contribution in [3.63, 3.8) is 0 Å². The summed E-state index contributed by atoms with van der Waals surface area (Å²) in [4.78, 5) is 0. The van der Waals surface area contributed by atoms with Crippen LogP contribution in [-0.4, -0.2) is 32.6 Å². The normalized spacial score (nSPS) is 7.00. The maximum absolute atomic E-state index is 2.27. The van der Waals surface area contributed by atoms with Gasteiger partial charge in [0.05, 0.1) is 0 Å². The molecule has 0 aromatic carbocycles. The van der Waals surface area contributed by atoms with Gasteiger partial charge in [-0.25, -0.2) is 0 Å². The summed E-state index contributed by atoms with van der Waals surface area (Å²) in [5, 5.41) is 0. The van der Waals surface area contributed by atoms with Gasteiger partial charge in [-0.1, -0.05) is 25.9 Å². The molecular weight excluding hydrogens is 100 g/mol. The van der Waals surface area contributed by atoms with Crippen molar-refractivity contribution >= 4 is 32.6 Å². The van der Waals surface area contributed by atoms with Crippen LogP contribution >= 0.6 is 0 Å². The SMILES string of the molecule is CC[SiH2]CC.[MgH2]. The Morgan fingerprint density at radius 3 is 1.50 bits per heavy atom. The van der Waals surface area contributed by atoms with E-state index in [2.05, 4.69) is 13.8 Å². The van der Waals surface area contributed by atoms with E-state index in [1.807, 2.05) is 0 Å². The van der Waals surface area contributed by atoms with Gasteiger partial charge in [-0.05, 0) is 0 Å². The van der Waals surface area contributed by atoms with Crippen LogP contribution in [0.15, 0.2) is 0 Å². The Labute approximate surface area is 58.7 Å². The molecule has 0 fully saturated rings. The zero-order valence-corrected chi connectivity index (χ0v) is 5.54. The molecule has 0 aliphatic rings. The molecule has 0 nitrogen and oxygen atoms in total. The lowest BCUT2D eigenvalue weighted by atomic mass is 11.0. The molecule has 0 aliphatic carbocycles. The highest BCUT2D eigenvalue weighted by molar-refractivity contribution is 6.34. The Kier molecular flexibility index (Phi) is 15.7. The molecule has 0 N–H and O–H groups in total. The van der Waals surface area contributed by atoms with Gasteiger partial charge in [-0.3, -0.25) is 0 Å². The molecule has 0 bridgehead atoms. The summed E-state index contributed by atoms with van der Waals surface area (Å²) in [6.07, 6.45) is 0. The van der Waals surface area contributed by atoms with Crippen molar-refractivity contribution in [2.75, 3.05) is 0 Å². The maximum atomic E-state index is 2.27. The first-order chi connectivity index (χ1) is 2.41. The van der Waals surface area contributed by atoms with Gasteiger partial charge in [0.15, 0.2) is 0 Å².